The van der Waals surface area contributed by atoms with Gasteiger partial charge in [-0.3, -0.25) is 9.10 Å². The maximum atomic E-state index is 13.4. The minimum atomic E-state index is -1.29. The standard InChI is InChI=1S/C23H25FN2O4S/c1-13-16-10-17-19(11-18(16)26(31(5)28)12-23(2,3)30-13)29-21(20(17)22(27)25-4)14-6-8-15(24)9-7-14/h6-11,13H,12H2,1-5H3,(H,25,27)/t13-,31?/m1/s1. The Morgan fingerprint density at radius 1 is 1.26 bits per heavy atom. The van der Waals surface area contributed by atoms with E-state index in [1.165, 1.54) is 12.1 Å². The second-order valence-electron chi connectivity index (χ2n) is 8.28. The van der Waals surface area contributed by atoms with Crippen molar-refractivity contribution < 1.29 is 22.5 Å². The summed E-state index contributed by atoms with van der Waals surface area (Å²) in [6.45, 7) is 6.30. The molecule has 31 heavy (non-hydrogen) atoms. The van der Waals surface area contributed by atoms with Gasteiger partial charge in [0.1, 0.15) is 28.1 Å². The zero-order valence-electron chi connectivity index (χ0n) is 18.1. The van der Waals surface area contributed by atoms with E-state index >= 15 is 0 Å². The zero-order chi connectivity index (χ0) is 22.5. The van der Waals surface area contributed by atoms with Crippen LogP contribution in [0.1, 0.15) is 42.8 Å². The van der Waals surface area contributed by atoms with E-state index in [-0.39, 0.29) is 17.8 Å². The van der Waals surface area contributed by atoms with Crippen molar-refractivity contribution in [2.24, 2.45) is 0 Å². The van der Waals surface area contributed by atoms with Crippen LogP contribution < -0.4 is 9.62 Å². The van der Waals surface area contributed by atoms with Crippen LogP contribution >= 0.6 is 0 Å². The first-order chi connectivity index (χ1) is 14.6. The Labute approximate surface area is 183 Å². The predicted molar refractivity (Wildman–Crippen MR) is 120 cm³/mol. The molecule has 1 aromatic heterocycles. The molecule has 2 atom stereocenters. The Balaban J connectivity index is 2.00. The molecule has 0 aliphatic carbocycles. The van der Waals surface area contributed by atoms with Crippen LogP contribution in [0, 0.1) is 5.82 Å². The summed E-state index contributed by atoms with van der Waals surface area (Å²) in [6, 6.07) is 9.49. The maximum absolute atomic E-state index is 13.4. The van der Waals surface area contributed by atoms with Crippen molar-refractivity contribution in [3.63, 3.8) is 0 Å². The summed E-state index contributed by atoms with van der Waals surface area (Å²) in [4.78, 5) is 12.8. The molecule has 1 N–H and O–H groups in total. The second kappa shape index (κ2) is 7.76. The molecule has 6 nitrogen and oxygen atoms in total. The molecule has 1 amide bonds. The SMILES string of the molecule is CNC(=O)c1c(-c2ccc(F)cc2)oc2cc3c(cc12)[C@@H](C)OC(C)(C)CN3S(C)=O. The van der Waals surface area contributed by atoms with E-state index in [1.54, 1.807) is 29.7 Å². The number of rotatable bonds is 3. The van der Waals surface area contributed by atoms with Crippen LogP contribution in [-0.2, 0) is 15.7 Å². The van der Waals surface area contributed by atoms with Gasteiger partial charge in [0.25, 0.3) is 5.91 Å². The Morgan fingerprint density at radius 2 is 1.94 bits per heavy atom. The minimum absolute atomic E-state index is 0.287. The molecule has 2 heterocycles. The molecule has 0 radical (unpaired) electrons. The molecular formula is C23H25FN2O4S. The highest BCUT2D eigenvalue weighted by atomic mass is 32.2. The van der Waals surface area contributed by atoms with Crippen molar-refractivity contribution in [2.45, 2.75) is 32.5 Å². The molecule has 3 aromatic rings. The van der Waals surface area contributed by atoms with E-state index in [0.29, 0.717) is 34.4 Å². The quantitative estimate of drug-likeness (QED) is 0.643. The average molecular weight is 445 g/mol. The van der Waals surface area contributed by atoms with Crippen molar-refractivity contribution in [1.29, 1.82) is 0 Å². The first-order valence-corrected chi connectivity index (χ1v) is 11.5. The lowest BCUT2D eigenvalue weighted by Gasteiger charge is -2.29. The van der Waals surface area contributed by atoms with E-state index in [2.05, 4.69) is 5.32 Å². The summed E-state index contributed by atoms with van der Waals surface area (Å²) >= 11 is 0. The number of carbonyl (C=O) groups is 1. The predicted octanol–water partition coefficient (Wildman–Crippen LogP) is 4.57. The van der Waals surface area contributed by atoms with E-state index in [9.17, 15) is 13.4 Å². The number of furan rings is 1. The summed E-state index contributed by atoms with van der Waals surface area (Å²) < 4.78 is 40.2. The van der Waals surface area contributed by atoms with Crippen molar-refractivity contribution in [3.8, 4) is 11.3 Å². The first-order valence-electron chi connectivity index (χ1n) is 9.98. The normalized spacial score (nSPS) is 19.0. The molecule has 1 aliphatic rings. The van der Waals surface area contributed by atoms with Gasteiger partial charge in [-0.05, 0) is 51.1 Å². The van der Waals surface area contributed by atoms with Crippen LogP contribution in [0.15, 0.2) is 40.8 Å². The third-order valence-corrected chi connectivity index (χ3v) is 6.38. The van der Waals surface area contributed by atoms with Crippen LogP contribution in [0.4, 0.5) is 10.1 Å². The summed E-state index contributed by atoms with van der Waals surface area (Å²) in [5, 5.41) is 3.28. The number of ether oxygens (including phenoxy) is 1. The number of benzene rings is 2. The van der Waals surface area contributed by atoms with E-state index in [4.69, 9.17) is 9.15 Å². The summed E-state index contributed by atoms with van der Waals surface area (Å²) in [5.41, 5.74) is 2.49. The van der Waals surface area contributed by atoms with Crippen LogP contribution in [0.5, 0.6) is 0 Å². The molecule has 0 bridgehead atoms. The molecule has 1 aliphatic heterocycles. The number of nitrogens with zero attached hydrogens (tertiary/aromatic N) is 1. The van der Waals surface area contributed by atoms with Gasteiger partial charge in [0.05, 0.1) is 29.5 Å². The third-order valence-electron chi connectivity index (χ3n) is 5.44. The molecule has 0 spiro atoms. The Morgan fingerprint density at radius 3 is 2.55 bits per heavy atom. The van der Waals surface area contributed by atoms with Gasteiger partial charge in [0.15, 0.2) is 0 Å². The van der Waals surface area contributed by atoms with Gasteiger partial charge >= 0.3 is 0 Å². The topological polar surface area (TPSA) is 71.8 Å². The number of amides is 1. The van der Waals surface area contributed by atoms with E-state index < -0.39 is 16.6 Å². The fourth-order valence-corrected chi connectivity index (χ4v) is 5.01. The molecule has 2 aromatic carbocycles. The van der Waals surface area contributed by atoms with Crippen LogP contribution in [0.25, 0.3) is 22.3 Å². The lowest BCUT2D eigenvalue weighted by Crippen LogP contribution is -2.39. The van der Waals surface area contributed by atoms with Crippen LogP contribution in [-0.4, -0.2) is 35.6 Å². The highest BCUT2D eigenvalue weighted by Crippen LogP contribution is 2.43. The number of nitrogens with one attached hydrogen (secondary N) is 1. The van der Waals surface area contributed by atoms with Gasteiger partial charge < -0.3 is 14.5 Å². The Hall–Kier alpha value is -2.71. The third kappa shape index (κ3) is 3.85. The fraction of sp³-hybridized carbons (Fsp3) is 0.348. The monoisotopic (exact) mass is 444 g/mol. The lowest BCUT2D eigenvalue weighted by atomic mass is 10.0. The van der Waals surface area contributed by atoms with Gasteiger partial charge in [-0.2, -0.15) is 0 Å². The molecule has 164 valence electrons. The highest BCUT2D eigenvalue weighted by Gasteiger charge is 2.35. The number of carbonyl (C=O) groups excluding carboxylic acids is 1. The van der Waals surface area contributed by atoms with Gasteiger partial charge in [-0.1, -0.05) is 0 Å². The van der Waals surface area contributed by atoms with Crippen LogP contribution in [0.2, 0.25) is 0 Å². The number of anilines is 1. The largest absolute Gasteiger partial charge is 0.455 e. The van der Waals surface area contributed by atoms with E-state index in [1.807, 2.05) is 32.9 Å². The molecule has 0 fully saturated rings. The number of hydrogen-bond donors (Lipinski definition) is 1. The van der Waals surface area contributed by atoms with Gasteiger partial charge in [-0.25, -0.2) is 8.60 Å². The number of halogens is 1. The van der Waals surface area contributed by atoms with Crippen molar-refractivity contribution in [3.05, 3.63) is 53.3 Å². The zero-order valence-corrected chi connectivity index (χ0v) is 18.9. The molecule has 1 unspecified atom stereocenters. The molecular weight excluding hydrogens is 419 g/mol. The van der Waals surface area contributed by atoms with Gasteiger partial charge in [0, 0.05) is 35.9 Å². The van der Waals surface area contributed by atoms with Crippen molar-refractivity contribution in [1.82, 2.24) is 5.32 Å². The highest BCUT2D eigenvalue weighted by molar-refractivity contribution is 7.85. The van der Waals surface area contributed by atoms with E-state index in [0.717, 1.165) is 11.3 Å². The summed E-state index contributed by atoms with van der Waals surface area (Å²) in [7, 11) is 0.265. The fourth-order valence-electron chi connectivity index (χ4n) is 4.09. The average Bonchev–Trinajstić information content (AvgIpc) is 3.04. The summed E-state index contributed by atoms with van der Waals surface area (Å²) in [5.74, 6) is -0.327. The van der Waals surface area contributed by atoms with Gasteiger partial charge in [-0.15, -0.1) is 0 Å². The summed E-state index contributed by atoms with van der Waals surface area (Å²) in [6.07, 6.45) is 1.34. The van der Waals surface area contributed by atoms with Gasteiger partial charge in [0.2, 0.25) is 0 Å². The molecule has 4 rings (SSSR count). The van der Waals surface area contributed by atoms with Crippen molar-refractivity contribution >= 4 is 33.5 Å². The molecule has 0 saturated carbocycles. The number of fused-ring (bicyclic) bond motifs is 2. The minimum Gasteiger partial charge on any atom is -0.455 e. The van der Waals surface area contributed by atoms with Crippen LogP contribution in [0.3, 0.4) is 0 Å². The smallest absolute Gasteiger partial charge is 0.255 e. The second-order valence-corrected chi connectivity index (χ2v) is 9.57. The number of hydrogen-bond acceptors (Lipinski definition) is 4. The lowest BCUT2D eigenvalue weighted by molar-refractivity contribution is -0.0542. The Kier molecular flexibility index (Phi) is 5.39. The molecule has 8 heteroatoms. The van der Waals surface area contributed by atoms with Crippen molar-refractivity contribution in [2.75, 3.05) is 24.2 Å². The Bertz CT molecular complexity index is 1190. The first kappa shape index (κ1) is 21.5. The maximum Gasteiger partial charge on any atom is 0.255 e. The molecule has 0 saturated heterocycles.